The lowest BCUT2D eigenvalue weighted by atomic mass is 10.5. The molecular formula is C26H43N11. The molecule has 0 aliphatic carbocycles. The summed E-state index contributed by atoms with van der Waals surface area (Å²) in [5.41, 5.74) is 1.21. The molecule has 0 amide bonds. The van der Waals surface area contributed by atoms with E-state index in [1.807, 2.05) is 72.4 Å². The van der Waals surface area contributed by atoms with Gasteiger partial charge in [0.2, 0.25) is 0 Å². The Kier molecular flexibility index (Phi) is 15.3. The summed E-state index contributed by atoms with van der Waals surface area (Å²) < 4.78 is 8.04. The van der Waals surface area contributed by atoms with Crippen LogP contribution in [0.4, 0.5) is 0 Å². The summed E-state index contributed by atoms with van der Waals surface area (Å²) in [6, 6.07) is 4.06. The van der Waals surface area contributed by atoms with Gasteiger partial charge in [-0.05, 0) is 53.7 Å². The lowest BCUT2D eigenvalue weighted by Crippen LogP contribution is -1.93. The fourth-order valence-corrected chi connectivity index (χ4v) is 2.73. The maximum Gasteiger partial charge on any atom is 0.137 e. The predicted molar refractivity (Wildman–Crippen MR) is 147 cm³/mol. The topological polar surface area (TPSA) is 113 Å². The summed E-state index contributed by atoms with van der Waals surface area (Å²) in [5.74, 6) is 3.11. The summed E-state index contributed by atoms with van der Waals surface area (Å²) in [6.07, 6.45) is 15.5. The summed E-state index contributed by atoms with van der Waals surface area (Å²) in [5, 5.41) is 10.2. The molecule has 0 aromatic carbocycles. The molecule has 0 aliphatic rings. The van der Waals surface area contributed by atoms with Crippen molar-refractivity contribution in [2.75, 3.05) is 0 Å². The van der Waals surface area contributed by atoms with Gasteiger partial charge >= 0.3 is 0 Å². The molecule has 0 atom stereocenters. The van der Waals surface area contributed by atoms with Gasteiger partial charge in [-0.3, -0.25) is 9.78 Å². The molecule has 1 N–H and O–H groups in total. The molecule has 0 radical (unpaired) electrons. The molecular weight excluding hydrogens is 466 g/mol. The first-order valence-electron chi connectivity index (χ1n) is 12.6. The molecule has 0 bridgehead atoms. The normalized spacial score (nSPS) is 9.51. The first kappa shape index (κ1) is 31.0. The van der Waals surface area contributed by atoms with Gasteiger partial charge < -0.3 is 13.7 Å². The van der Waals surface area contributed by atoms with E-state index < -0.39 is 0 Å². The van der Waals surface area contributed by atoms with Crippen molar-refractivity contribution < 1.29 is 0 Å². The summed E-state index contributed by atoms with van der Waals surface area (Å²) in [4.78, 5) is 15.7. The third kappa shape index (κ3) is 12.5. The third-order valence-electron chi connectivity index (χ3n) is 5.34. The van der Waals surface area contributed by atoms with Gasteiger partial charge in [-0.1, -0.05) is 6.92 Å². The maximum absolute atomic E-state index is 4.08. The molecule has 202 valence electrons. The van der Waals surface area contributed by atoms with Crippen LogP contribution in [0.15, 0.2) is 62.1 Å². The monoisotopic (exact) mass is 509 g/mol. The van der Waals surface area contributed by atoms with Gasteiger partial charge in [0.1, 0.15) is 36.5 Å². The number of rotatable bonds is 4. The lowest BCUT2D eigenvalue weighted by molar-refractivity contribution is 0.658. The Morgan fingerprint density at radius 3 is 1.78 bits per heavy atom. The van der Waals surface area contributed by atoms with E-state index in [0.29, 0.717) is 0 Å². The molecule has 0 unspecified atom stereocenters. The van der Waals surface area contributed by atoms with E-state index in [4.69, 9.17) is 0 Å². The van der Waals surface area contributed by atoms with Crippen molar-refractivity contribution in [3.63, 3.8) is 0 Å². The molecule has 11 heteroatoms. The highest BCUT2D eigenvalue weighted by Crippen LogP contribution is 1.97. The Morgan fingerprint density at radius 1 is 0.811 bits per heavy atom. The molecule has 0 saturated carbocycles. The number of aryl methyl sites for hydroxylation is 7. The predicted octanol–water partition coefficient (Wildman–Crippen LogP) is 4.42. The summed E-state index contributed by atoms with van der Waals surface area (Å²) >= 11 is 0. The van der Waals surface area contributed by atoms with E-state index in [-0.39, 0.29) is 0 Å². The van der Waals surface area contributed by atoms with Crippen molar-refractivity contribution in [1.29, 1.82) is 0 Å². The van der Waals surface area contributed by atoms with Crippen LogP contribution in [0.5, 0.6) is 0 Å². The molecule has 5 aromatic heterocycles. The average Bonchev–Trinajstić information content (AvgIpc) is 3.76. The minimum absolute atomic E-state index is 0.903. The zero-order valence-corrected chi connectivity index (χ0v) is 23.6. The van der Waals surface area contributed by atoms with Gasteiger partial charge in [0.25, 0.3) is 0 Å². The Labute approximate surface area is 220 Å². The van der Waals surface area contributed by atoms with E-state index in [1.165, 1.54) is 18.3 Å². The smallest absolute Gasteiger partial charge is 0.137 e. The fourth-order valence-electron chi connectivity index (χ4n) is 2.73. The van der Waals surface area contributed by atoms with Crippen LogP contribution in [0.2, 0.25) is 0 Å². The maximum atomic E-state index is 4.08. The second kappa shape index (κ2) is 18.3. The highest BCUT2D eigenvalue weighted by Gasteiger charge is 1.93. The zero-order valence-electron chi connectivity index (χ0n) is 23.6. The number of aromatic amines is 1. The van der Waals surface area contributed by atoms with Crippen molar-refractivity contribution in [2.24, 2.45) is 7.05 Å². The fraction of sp³-hybridized carbons (Fsp3) is 0.462. The molecule has 0 spiro atoms. The average molecular weight is 510 g/mol. The summed E-state index contributed by atoms with van der Waals surface area (Å²) in [6.45, 7) is 17.3. The van der Waals surface area contributed by atoms with Crippen LogP contribution in [0, 0.1) is 20.8 Å². The molecule has 0 saturated heterocycles. The number of hydrogen-bond acceptors (Lipinski definition) is 6. The SMILES string of the molecule is CCc1ncn[nH]1.CCn1cccc1.CCn1ccnc1C.CCn1cncn1.Cc1cnc(C)n1C. The van der Waals surface area contributed by atoms with E-state index in [2.05, 4.69) is 75.2 Å². The Balaban J connectivity index is 0.000000232. The molecule has 5 aromatic rings. The molecule has 5 rings (SSSR count). The Hall–Kier alpha value is -4.02. The van der Waals surface area contributed by atoms with E-state index in [1.54, 1.807) is 11.0 Å². The van der Waals surface area contributed by atoms with Crippen LogP contribution in [-0.2, 0) is 33.1 Å². The molecule has 0 aliphatic heterocycles. The molecule has 37 heavy (non-hydrogen) atoms. The first-order valence-corrected chi connectivity index (χ1v) is 12.6. The second-order valence-corrected chi connectivity index (χ2v) is 7.82. The molecule has 5 heterocycles. The van der Waals surface area contributed by atoms with Crippen molar-refractivity contribution in [3.05, 3.63) is 85.3 Å². The lowest BCUT2D eigenvalue weighted by Gasteiger charge is -1.95. The van der Waals surface area contributed by atoms with Gasteiger partial charge in [0, 0.05) is 69.8 Å². The van der Waals surface area contributed by atoms with Crippen molar-refractivity contribution in [2.45, 2.75) is 74.5 Å². The third-order valence-corrected chi connectivity index (χ3v) is 5.34. The number of nitrogens with zero attached hydrogens (tertiary/aromatic N) is 10. The minimum Gasteiger partial charge on any atom is -0.355 e. The van der Waals surface area contributed by atoms with E-state index >= 15 is 0 Å². The van der Waals surface area contributed by atoms with E-state index in [9.17, 15) is 0 Å². The van der Waals surface area contributed by atoms with Crippen molar-refractivity contribution in [3.8, 4) is 0 Å². The van der Waals surface area contributed by atoms with Gasteiger partial charge in [-0.2, -0.15) is 10.2 Å². The van der Waals surface area contributed by atoms with Gasteiger partial charge in [-0.25, -0.2) is 19.9 Å². The minimum atomic E-state index is 0.903. The van der Waals surface area contributed by atoms with Crippen LogP contribution in [0.25, 0.3) is 0 Å². The van der Waals surface area contributed by atoms with Gasteiger partial charge in [0.05, 0.1) is 0 Å². The largest absolute Gasteiger partial charge is 0.355 e. The zero-order chi connectivity index (χ0) is 27.5. The van der Waals surface area contributed by atoms with Crippen LogP contribution < -0.4 is 0 Å². The number of aromatic nitrogens is 11. The van der Waals surface area contributed by atoms with Gasteiger partial charge in [-0.15, -0.1) is 0 Å². The highest BCUT2D eigenvalue weighted by atomic mass is 15.3. The van der Waals surface area contributed by atoms with Crippen LogP contribution in [-0.4, -0.2) is 53.6 Å². The Bertz CT molecular complexity index is 1050. The van der Waals surface area contributed by atoms with Crippen LogP contribution >= 0.6 is 0 Å². The van der Waals surface area contributed by atoms with E-state index in [0.717, 1.165) is 43.5 Å². The van der Waals surface area contributed by atoms with Crippen LogP contribution in [0.3, 0.4) is 0 Å². The van der Waals surface area contributed by atoms with Crippen molar-refractivity contribution in [1.82, 2.24) is 53.6 Å². The quantitative estimate of drug-likeness (QED) is 0.384. The number of H-pyrrole nitrogens is 1. The number of hydrogen-bond donors (Lipinski definition) is 1. The standard InChI is InChI=1S/2C6H10N2.C6H9N.2C4H7N3/c1-5-4-7-6(2)8(5)3;1-3-8-5-4-7-6(8)2;1-2-7-5-3-4-6-7;1-2-7-4-5-3-6-7;1-2-4-5-3-6-7-4/h4H,1-3H3;4-5H,3H2,1-2H3;3-6H,2H2,1H3;3-4H,2H2,1H3;3H,2H2,1H3,(H,5,6,7). The Morgan fingerprint density at radius 2 is 1.54 bits per heavy atom. The highest BCUT2D eigenvalue weighted by molar-refractivity contribution is 4.99. The first-order chi connectivity index (χ1) is 17.9. The number of imidazole rings is 2. The summed E-state index contributed by atoms with van der Waals surface area (Å²) in [7, 11) is 2.01. The van der Waals surface area contributed by atoms with Gasteiger partial charge in [0.15, 0.2) is 0 Å². The second-order valence-electron chi connectivity index (χ2n) is 7.82. The molecule has 0 fully saturated rings. The number of nitrogens with one attached hydrogen (secondary N) is 1. The van der Waals surface area contributed by atoms with Crippen molar-refractivity contribution >= 4 is 0 Å². The molecule has 11 nitrogen and oxygen atoms in total. The van der Waals surface area contributed by atoms with Crippen LogP contribution in [0.1, 0.15) is 50.9 Å².